The van der Waals surface area contributed by atoms with E-state index >= 15 is 0 Å². The van der Waals surface area contributed by atoms with Gasteiger partial charge in [-0.3, -0.25) is 14.2 Å². The van der Waals surface area contributed by atoms with Crippen molar-refractivity contribution in [3.8, 4) is 6.07 Å². The Labute approximate surface area is 128 Å². The van der Waals surface area contributed by atoms with E-state index in [1.807, 2.05) is 6.07 Å². The highest BCUT2D eigenvalue weighted by Crippen LogP contribution is 2.10. The summed E-state index contributed by atoms with van der Waals surface area (Å²) >= 11 is 0. The fourth-order valence-corrected chi connectivity index (χ4v) is 1.95. The number of carbonyl (C=O) groups excluding carboxylic acids is 1. The molecule has 1 amide bonds. The minimum Gasteiger partial charge on any atom is -0.326 e. The number of rotatable bonds is 4. The molecule has 0 bridgehead atoms. The second kappa shape index (κ2) is 6.68. The molecule has 0 atom stereocenters. The summed E-state index contributed by atoms with van der Waals surface area (Å²) in [5.74, 6) is -0.222. The van der Waals surface area contributed by atoms with Gasteiger partial charge in [0.15, 0.2) is 0 Å². The number of amides is 1. The van der Waals surface area contributed by atoms with Gasteiger partial charge in [-0.2, -0.15) is 5.26 Å². The Kier molecular flexibility index (Phi) is 4.69. The van der Waals surface area contributed by atoms with Crippen molar-refractivity contribution in [1.82, 2.24) is 9.55 Å². The molecular weight excluding hydrogens is 280 g/mol. The highest BCUT2D eigenvalue weighted by Gasteiger charge is 2.07. The number of nitrogens with zero attached hydrogens (tertiary/aromatic N) is 3. The number of nitrogens with one attached hydrogen (secondary N) is 1. The SMILES string of the molecule is Cc1ncn(CCC(=O)Nc2cccc(C#N)c2)c(=O)c1C. The van der Waals surface area contributed by atoms with Crippen LogP contribution in [0.3, 0.4) is 0 Å². The normalized spacial score (nSPS) is 10.0. The summed E-state index contributed by atoms with van der Waals surface area (Å²) in [6.45, 7) is 3.75. The van der Waals surface area contributed by atoms with Gasteiger partial charge in [0.25, 0.3) is 5.56 Å². The molecular formula is C16H16N4O2. The van der Waals surface area contributed by atoms with Gasteiger partial charge < -0.3 is 5.32 Å². The molecule has 0 saturated carbocycles. The van der Waals surface area contributed by atoms with Crippen molar-refractivity contribution in [2.24, 2.45) is 0 Å². The predicted molar refractivity (Wildman–Crippen MR) is 82.4 cm³/mol. The summed E-state index contributed by atoms with van der Waals surface area (Å²) in [4.78, 5) is 28.0. The summed E-state index contributed by atoms with van der Waals surface area (Å²) in [5, 5.41) is 11.5. The van der Waals surface area contributed by atoms with Crippen LogP contribution in [0, 0.1) is 25.2 Å². The standard InChI is InChI=1S/C16H16N4O2/c1-11-12(2)18-10-20(16(11)22)7-6-15(21)19-14-5-3-4-13(8-14)9-17/h3-5,8,10H,6-7H2,1-2H3,(H,19,21). The predicted octanol–water partition coefficient (Wildman–Crippen LogP) is 1.76. The van der Waals surface area contributed by atoms with Crippen LogP contribution in [0.5, 0.6) is 0 Å². The average molecular weight is 296 g/mol. The Hall–Kier alpha value is -2.94. The van der Waals surface area contributed by atoms with E-state index in [1.54, 1.807) is 38.1 Å². The fraction of sp³-hybridized carbons (Fsp3) is 0.250. The molecule has 0 spiro atoms. The number of aryl methyl sites for hydroxylation is 2. The summed E-state index contributed by atoms with van der Waals surface area (Å²) < 4.78 is 1.42. The van der Waals surface area contributed by atoms with Gasteiger partial charge in [0.1, 0.15) is 0 Å². The van der Waals surface area contributed by atoms with Gasteiger partial charge in [-0.25, -0.2) is 4.98 Å². The Bertz CT molecular complexity index is 803. The van der Waals surface area contributed by atoms with Gasteiger partial charge in [0.05, 0.1) is 18.0 Å². The molecule has 1 heterocycles. The van der Waals surface area contributed by atoms with Crippen molar-refractivity contribution in [2.75, 3.05) is 5.32 Å². The highest BCUT2D eigenvalue weighted by atomic mass is 16.1. The molecule has 0 aliphatic carbocycles. The van der Waals surface area contributed by atoms with Crippen LogP contribution < -0.4 is 10.9 Å². The number of aromatic nitrogens is 2. The Balaban J connectivity index is 2.00. The van der Waals surface area contributed by atoms with Gasteiger partial charge in [-0.05, 0) is 32.0 Å². The largest absolute Gasteiger partial charge is 0.326 e. The van der Waals surface area contributed by atoms with E-state index in [2.05, 4.69) is 10.3 Å². The zero-order chi connectivity index (χ0) is 16.1. The van der Waals surface area contributed by atoms with Crippen LogP contribution in [0.4, 0.5) is 5.69 Å². The summed E-state index contributed by atoms with van der Waals surface area (Å²) in [7, 11) is 0. The molecule has 0 unspecified atom stereocenters. The lowest BCUT2D eigenvalue weighted by atomic mass is 10.2. The van der Waals surface area contributed by atoms with Gasteiger partial charge in [-0.15, -0.1) is 0 Å². The lowest BCUT2D eigenvalue weighted by Gasteiger charge is -2.08. The zero-order valence-electron chi connectivity index (χ0n) is 12.5. The first kappa shape index (κ1) is 15.4. The lowest BCUT2D eigenvalue weighted by Crippen LogP contribution is -2.26. The van der Waals surface area contributed by atoms with E-state index in [9.17, 15) is 9.59 Å². The van der Waals surface area contributed by atoms with Crippen molar-refractivity contribution in [2.45, 2.75) is 26.8 Å². The zero-order valence-corrected chi connectivity index (χ0v) is 12.5. The van der Waals surface area contributed by atoms with E-state index in [-0.39, 0.29) is 24.4 Å². The molecule has 1 aromatic heterocycles. The third-order valence-electron chi connectivity index (χ3n) is 3.37. The van der Waals surface area contributed by atoms with Gasteiger partial charge in [-0.1, -0.05) is 6.07 Å². The van der Waals surface area contributed by atoms with Crippen molar-refractivity contribution in [1.29, 1.82) is 5.26 Å². The first-order valence-electron chi connectivity index (χ1n) is 6.84. The van der Waals surface area contributed by atoms with Crippen LogP contribution in [0.15, 0.2) is 35.4 Å². The lowest BCUT2D eigenvalue weighted by molar-refractivity contribution is -0.116. The van der Waals surface area contributed by atoms with Crippen molar-refractivity contribution < 1.29 is 4.79 Å². The number of carbonyl (C=O) groups is 1. The highest BCUT2D eigenvalue weighted by molar-refractivity contribution is 5.90. The minimum atomic E-state index is -0.222. The van der Waals surface area contributed by atoms with Crippen LogP contribution in [-0.4, -0.2) is 15.5 Å². The van der Waals surface area contributed by atoms with E-state index in [0.717, 1.165) is 0 Å². The first-order valence-corrected chi connectivity index (χ1v) is 6.84. The molecule has 0 fully saturated rings. The third-order valence-corrected chi connectivity index (χ3v) is 3.37. The molecule has 6 heteroatoms. The minimum absolute atomic E-state index is 0.133. The number of benzene rings is 1. The Morgan fingerprint density at radius 2 is 2.18 bits per heavy atom. The molecule has 0 aliphatic heterocycles. The molecule has 0 saturated heterocycles. The van der Waals surface area contributed by atoms with Crippen LogP contribution in [0.1, 0.15) is 23.2 Å². The summed E-state index contributed by atoms with van der Waals surface area (Å²) in [6.07, 6.45) is 1.61. The van der Waals surface area contributed by atoms with Crippen LogP contribution in [0.25, 0.3) is 0 Å². The van der Waals surface area contributed by atoms with Crippen molar-refractivity contribution in [3.63, 3.8) is 0 Å². The van der Waals surface area contributed by atoms with E-state index in [1.165, 1.54) is 10.9 Å². The molecule has 0 radical (unpaired) electrons. The Morgan fingerprint density at radius 3 is 2.91 bits per heavy atom. The summed E-state index contributed by atoms with van der Waals surface area (Å²) in [6, 6.07) is 8.69. The van der Waals surface area contributed by atoms with Gasteiger partial charge in [0, 0.05) is 29.9 Å². The average Bonchev–Trinajstić information content (AvgIpc) is 2.52. The van der Waals surface area contributed by atoms with Gasteiger partial charge >= 0.3 is 0 Å². The molecule has 1 aromatic carbocycles. The maximum atomic E-state index is 12.0. The molecule has 0 aliphatic rings. The molecule has 1 N–H and O–H groups in total. The van der Waals surface area contributed by atoms with Crippen LogP contribution >= 0.6 is 0 Å². The monoisotopic (exact) mass is 296 g/mol. The maximum absolute atomic E-state index is 12.0. The second-order valence-corrected chi connectivity index (χ2v) is 4.94. The maximum Gasteiger partial charge on any atom is 0.256 e. The molecule has 2 aromatic rings. The third kappa shape index (κ3) is 3.58. The van der Waals surface area contributed by atoms with Crippen molar-refractivity contribution in [3.05, 3.63) is 57.8 Å². The summed E-state index contributed by atoms with van der Waals surface area (Å²) in [5.41, 5.74) is 2.19. The molecule has 6 nitrogen and oxygen atoms in total. The number of hydrogen-bond acceptors (Lipinski definition) is 4. The molecule has 112 valence electrons. The molecule has 22 heavy (non-hydrogen) atoms. The van der Waals surface area contributed by atoms with Crippen molar-refractivity contribution >= 4 is 11.6 Å². The second-order valence-electron chi connectivity index (χ2n) is 4.94. The van der Waals surface area contributed by atoms with Gasteiger partial charge in [0.2, 0.25) is 5.91 Å². The first-order chi connectivity index (χ1) is 10.5. The number of hydrogen-bond donors (Lipinski definition) is 1. The molecule has 2 rings (SSSR count). The number of nitriles is 1. The van der Waals surface area contributed by atoms with Crippen LogP contribution in [-0.2, 0) is 11.3 Å². The van der Waals surface area contributed by atoms with Crippen LogP contribution in [0.2, 0.25) is 0 Å². The fourth-order valence-electron chi connectivity index (χ4n) is 1.95. The smallest absolute Gasteiger partial charge is 0.256 e. The Morgan fingerprint density at radius 1 is 1.41 bits per heavy atom. The van der Waals surface area contributed by atoms with E-state index in [4.69, 9.17) is 5.26 Å². The van der Waals surface area contributed by atoms with E-state index < -0.39 is 0 Å². The number of anilines is 1. The quantitative estimate of drug-likeness (QED) is 0.931. The van der Waals surface area contributed by atoms with E-state index in [0.29, 0.717) is 22.5 Å². The topological polar surface area (TPSA) is 87.8 Å².